The van der Waals surface area contributed by atoms with Gasteiger partial charge in [-0.1, -0.05) is 12.1 Å². The highest BCUT2D eigenvalue weighted by molar-refractivity contribution is 6.04. The Morgan fingerprint density at radius 3 is 2.63 bits per heavy atom. The quantitative estimate of drug-likeness (QED) is 0.307. The van der Waals surface area contributed by atoms with Crippen LogP contribution < -0.4 is 21.3 Å². The van der Waals surface area contributed by atoms with Crippen molar-refractivity contribution in [2.24, 2.45) is 5.92 Å². The molecule has 0 aliphatic carbocycles. The van der Waals surface area contributed by atoms with E-state index in [4.69, 9.17) is 15.5 Å². The van der Waals surface area contributed by atoms with Crippen molar-refractivity contribution in [3.05, 3.63) is 66.1 Å². The second-order valence-corrected chi connectivity index (χ2v) is 10.6. The molecule has 0 saturated carbocycles. The Bertz CT molecular complexity index is 1650. The zero-order valence-electron chi connectivity index (χ0n) is 23.0. The SMILES string of the molecule is Nc1nccn2c(N3CCCC(C(=O)N[C@@H]4CCOC4)C3)nc(-c3ccc(C(=O)Nc4cc(C(F)(F)F)ccn4)cc3)c12. The summed E-state index contributed by atoms with van der Waals surface area (Å²) in [5, 5.41) is 5.51. The van der Waals surface area contributed by atoms with E-state index in [1.807, 2.05) is 4.40 Å². The Morgan fingerprint density at radius 1 is 1.07 bits per heavy atom. The van der Waals surface area contributed by atoms with E-state index in [-0.39, 0.29) is 35.1 Å². The van der Waals surface area contributed by atoms with E-state index in [2.05, 4.69) is 25.5 Å². The number of alkyl halides is 3. The molecule has 5 heterocycles. The molecule has 0 bridgehead atoms. The number of anilines is 3. The molecule has 0 radical (unpaired) electrons. The number of carbonyl (C=O) groups excluding carboxylic acids is 2. The highest BCUT2D eigenvalue weighted by Crippen LogP contribution is 2.34. The van der Waals surface area contributed by atoms with Gasteiger partial charge in [-0.25, -0.2) is 15.0 Å². The van der Waals surface area contributed by atoms with Crippen molar-refractivity contribution in [2.75, 3.05) is 42.3 Å². The summed E-state index contributed by atoms with van der Waals surface area (Å²) in [7, 11) is 0. The molecule has 2 atom stereocenters. The van der Waals surface area contributed by atoms with Crippen molar-refractivity contribution in [3.63, 3.8) is 0 Å². The summed E-state index contributed by atoms with van der Waals surface area (Å²) in [4.78, 5) is 40.8. The van der Waals surface area contributed by atoms with Crippen LogP contribution >= 0.6 is 0 Å². The number of amides is 2. The van der Waals surface area contributed by atoms with Crippen LogP contribution in [0.2, 0.25) is 0 Å². The van der Waals surface area contributed by atoms with Gasteiger partial charge in [-0.3, -0.25) is 14.0 Å². The molecule has 4 N–H and O–H groups in total. The average Bonchev–Trinajstić information content (AvgIpc) is 3.66. The number of hydrogen-bond acceptors (Lipinski definition) is 8. The van der Waals surface area contributed by atoms with E-state index < -0.39 is 17.6 Å². The van der Waals surface area contributed by atoms with Gasteiger partial charge in [0, 0.05) is 49.4 Å². The summed E-state index contributed by atoms with van der Waals surface area (Å²) < 4.78 is 46.3. The van der Waals surface area contributed by atoms with Crippen LogP contribution in [0, 0.1) is 5.92 Å². The first-order chi connectivity index (χ1) is 20.7. The second-order valence-electron chi connectivity index (χ2n) is 10.6. The number of piperidine rings is 1. The van der Waals surface area contributed by atoms with Crippen LogP contribution in [0.3, 0.4) is 0 Å². The molecule has 2 saturated heterocycles. The topological polar surface area (TPSA) is 140 Å². The van der Waals surface area contributed by atoms with Gasteiger partial charge >= 0.3 is 6.18 Å². The van der Waals surface area contributed by atoms with E-state index in [1.54, 1.807) is 36.7 Å². The Morgan fingerprint density at radius 2 is 1.88 bits per heavy atom. The second kappa shape index (κ2) is 11.5. The maximum Gasteiger partial charge on any atom is 0.416 e. The monoisotopic (exact) mass is 594 g/mol. The van der Waals surface area contributed by atoms with E-state index in [0.29, 0.717) is 49.0 Å². The summed E-state index contributed by atoms with van der Waals surface area (Å²) in [5.74, 6) is -0.126. The molecular weight excluding hydrogens is 565 g/mol. The molecular formula is C29H29F3N8O3. The van der Waals surface area contributed by atoms with Crippen LogP contribution in [0.1, 0.15) is 35.2 Å². The van der Waals surface area contributed by atoms with Crippen LogP contribution in [0.5, 0.6) is 0 Å². The normalized spacial score (nSPS) is 19.0. The minimum Gasteiger partial charge on any atom is -0.382 e. The van der Waals surface area contributed by atoms with Gasteiger partial charge in [-0.05, 0) is 43.5 Å². The minimum atomic E-state index is -4.56. The van der Waals surface area contributed by atoms with Crippen molar-refractivity contribution in [2.45, 2.75) is 31.5 Å². The molecule has 224 valence electrons. The number of pyridine rings is 1. The molecule has 2 aliphatic heterocycles. The first-order valence-electron chi connectivity index (χ1n) is 13.9. The summed E-state index contributed by atoms with van der Waals surface area (Å²) in [6, 6.07) is 8.11. The number of nitrogens with zero attached hydrogens (tertiary/aromatic N) is 5. The maximum atomic E-state index is 13.0. The number of nitrogen functional groups attached to an aromatic ring is 1. The number of fused-ring (bicyclic) bond motifs is 1. The zero-order chi connectivity index (χ0) is 30.1. The van der Waals surface area contributed by atoms with E-state index in [1.165, 1.54) is 0 Å². The third kappa shape index (κ3) is 5.95. The van der Waals surface area contributed by atoms with Crippen molar-refractivity contribution in [1.29, 1.82) is 0 Å². The fourth-order valence-electron chi connectivity index (χ4n) is 5.46. The molecule has 1 unspecified atom stereocenters. The molecule has 6 rings (SSSR count). The van der Waals surface area contributed by atoms with Crippen LogP contribution in [0.4, 0.5) is 30.8 Å². The van der Waals surface area contributed by atoms with Gasteiger partial charge in [0.15, 0.2) is 0 Å². The number of aromatic nitrogens is 4. The largest absolute Gasteiger partial charge is 0.416 e. The molecule has 2 aliphatic rings. The zero-order valence-corrected chi connectivity index (χ0v) is 23.0. The molecule has 2 amide bonds. The van der Waals surface area contributed by atoms with Gasteiger partial charge < -0.3 is 26.0 Å². The molecule has 4 aromatic rings. The predicted molar refractivity (Wildman–Crippen MR) is 152 cm³/mol. The van der Waals surface area contributed by atoms with Gasteiger partial charge in [-0.15, -0.1) is 0 Å². The lowest BCUT2D eigenvalue weighted by atomic mass is 9.97. The number of nitrogens with two attached hydrogens (primary N) is 1. The summed E-state index contributed by atoms with van der Waals surface area (Å²) >= 11 is 0. The lowest BCUT2D eigenvalue weighted by Crippen LogP contribution is -2.46. The Hall–Kier alpha value is -4.72. The fraction of sp³-hybridized carbons (Fsp3) is 0.345. The standard InChI is InChI=1S/C29H29F3N8O3/c30-29(31,32)20-7-9-34-22(14-20)37-26(41)18-5-3-17(4-6-18)23-24-25(33)35-10-12-40(24)28(38-23)39-11-1-2-19(15-39)27(42)36-21-8-13-43-16-21/h3-7,9-10,12,14,19,21H,1-2,8,11,13,15-16H2,(H2,33,35)(H,36,42)(H,34,37,41)/t19?,21-/m1/s1. The lowest BCUT2D eigenvalue weighted by Gasteiger charge is -2.32. The average molecular weight is 595 g/mol. The number of benzene rings is 1. The number of carbonyl (C=O) groups is 2. The molecule has 2 fully saturated rings. The van der Waals surface area contributed by atoms with Crippen molar-refractivity contribution in [1.82, 2.24) is 24.7 Å². The number of imidazole rings is 1. The van der Waals surface area contributed by atoms with Crippen LogP contribution in [0.25, 0.3) is 16.8 Å². The van der Waals surface area contributed by atoms with Gasteiger partial charge in [0.25, 0.3) is 5.91 Å². The molecule has 14 heteroatoms. The first-order valence-corrected chi connectivity index (χ1v) is 13.9. The van der Waals surface area contributed by atoms with Crippen LogP contribution in [0.15, 0.2) is 55.0 Å². The van der Waals surface area contributed by atoms with Crippen LogP contribution in [-0.4, -0.2) is 63.5 Å². The van der Waals surface area contributed by atoms with Gasteiger partial charge in [-0.2, -0.15) is 13.2 Å². The van der Waals surface area contributed by atoms with E-state index in [9.17, 15) is 22.8 Å². The Balaban J connectivity index is 1.23. The first kappa shape index (κ1) is 28.4. The number of hydrogen-bond donors (Lipinski definition) is 3. The fourth-order valence-corrected chi connectivity index (χ4v) is 5.46. The van der Waals surface area contributed by atoms with Crippen molar-refractivity contribution < 1.29 is 27.5 Å². The van der Waals surface area contributed by atoms with Gasteiger partial charge in [0.05, 0.1) is 24.1 Å². The number of nitrogens with one attached hydrogen (secondary N) is 2. The number of rotatable bonds is 6. The Kier molecular flexibility index (Phi) is 7.61. The van der Waals surface area contributed by atoms with Gasteiger partial charge in [0.1, 0.15) is 22.8 Å². The van der Waals surface area contributed by atoms with Gasteiger partial charge in [0.2, 0.25) is 11.9 Å². The van der Waals surface area contributed by atoms with Crippen molar-refractivity contribution in [3.8, 4) is 11.3 Å². The Labute approximate surface area is 244 Å². The summed E-state index contributed by atoms with van der Waals surface area (Å²) in [6.07, 6.45) is 2.18. The predicted octanol–water partition coefficient (Wildman–Crippen LogP) is 3.77. The summed E-state index contributed by atoms with van der Waals surface area (Å²) in [6.45, 7) is 2.38. The maximum absolute atomic E-state index is 13.0. The number of halogens is 3. The van der Waals surface area contributed by atoms with E-state index >= 15 is 0 Å². The third-order valence-electron chi connectivity index (χ3n) is 7.66. The molecule has 3 aromatic heterocycles. The molecule has 0 spiro atoms. The van der Waals surface area contributed by atoms with E-state index in [0.717, 1.165) is 37.6 Å². The summed E-state index contributed by atoms with van der Waals surface area (Å²) in [5.41, 5.74) is 7.38. The third-order valence-corrected chi connectivity index (χ3v) is 7.66. The molecule has 11 nitrogen and oxygen atoms in total. The molecule has 43 heavy (non-hydrogen) atoms. The highest BCUT2D eigenvalue weighted by Gasteiger charge is 2.32. The lowest BCUT2D eigenvalue weighted by molar-refractivity contribution is -0.137. The minimum absolute atomic E-state index is 0.0108. The van der Waals surface area contributed by atoms with Crippen LogP contribution in [-0.2, 0) is 15.7 Å². The molecule has 1 aromatic carbocycles. The number of ether oxygens (including phenoxy) is 1. The highest BCUT2D eigenvalue weighted by atomic mass is 19.4. The smallest absolute Gasteiger partial charge is 0.382 e. The van der Waals surface area contributed by atoms with Crippen molar-refractivity contribution >= 4 is 34.9 Å².